The molecule has 68 valence electrons. The van der Waals surface area contributed by atoms with Crippen LogP contribution in [0.1, 0.15) is 25.6 Å². The quantitative estimate of drug-likeness (QED) is 0.651. The van der Waals surface area contributed by atoms with Crippen LogP contribution in [0.15, 0.2) is 6.20 Å². The monoisotopic (exact) mass is 170 g/mol. The third-order valence-corrected chi connectivity index (χ3v) is 1.47. The molecule has 1 rings (SSSR count). The summed E-state index contributed by atoms with van der Waals surface area (Å²) in [5.74, 6) is 0. The van der Waals surface area contributed by atoms with Crippen LogP contribution in [0.5, 0.6) is 0 Å². The zero-order valence-electron chi connectivity index (χ0n) is 7.31. The minimum absolute atomic E-state index is 0.104. The van der Waals surface area contributed by atoms with Crippen molar-refractivity contribution in [1.82, 2.24) is 15.0 Å². The van der Waals surface area contributed by atoms with Crippen LogP contribution in [0.3, 0.4) is 0 Å². The maximum Gasteiger partial charge on any atom is 0.0991 e. The van der Waals surface area contributed by atoms with E-state index < -0.39 is 6.10 Å². The molecule has 12 heavy (non-hydrogen) atoms. The second-order valence-electron chi connectivity index (χ2n) is 3.00. The first-order valence-electron chi connectivity index (χ1n) is 3.93. The standard InChI is InChI=1S/C7H14N4O/c1-5(12)3-11-4-7(6(2)8)9-10-11/h4-6,12H,3,8H2,1-2H3. The molecule has 0 radical (unpaired) electrons. The molecule has 1 aromatic heterocycles. The molecule has 0 fully saturated rings. The molecule has 0 aliphatic carbocycles. The van der Waals surface area contributed by atoms with Crippen LogP contribution in [0.25, 0.3) is 0 Å². The van der Waals surface area contributed by atoms with Gasteiger partial charge in [0.25, 0.3) is 0 Å². The van der Waals surface area contributed by atoms with Crippen molar-refractivity contribution in [2.75, 3.05) is 0 Å². The van der Waals surface area contributed by atoms with E-state index in [9.17, 15) is 0 Å². The van der Waals surface area contributed by atoms with Gasteiger partial charge in [0.1, 0.15) is 0 Å². The topological polar surface area (TPSA) is 77.0 Å². The highest BCUT2D eigenvalue weighted by Crippen LogP contribution is 2.03. The van der Waals surface area contributed by atoms with Crippen LogP contribution in [-0.4, -0.2) is 26.2 Å². The van der Waals surface area contributed by atoms with Gasteiger partial charge in [-0.1, -0.05) is 5.21 Å². The Bertz CT molecular complexity index is 243. The summed E-state index contributed by atoms with van der Waals surface area (Å²) in [6.07, 6.45) is 1.34. The molecule has 0 saturated carbocycles. The summed E-state index contributed by atoms with van der Waals surface area (Å²) in [6.45, 7) is 4.00. The number of aromatic nitrogens is 3. The third-order valence-electron chi connectivity index (χ3n) is 1.47. The molecule has 0 spiro atoms. The molecule has 2 atom stereocenters. The fraction of sp³-hybridized carbons (Fsp3) is 0.714. The molecule has 0 aliphatic rings. The van der Waals surface area contributed by atoms with E-state index in [2.05, 4.69) is 10.3 Å². The van der Waals surface area contributed by atoms with Crippen LogP contribution in [0.2, 0.25) is 0 Å². The van der Waals surface area contributed by atoms with Crippen LogP contribution < -0.4 is 5.73 Å². The Labute approximate surface area is 71.2 Å². The van der Waals surface area contributed by atoms with Gasteiger partial charge in [-0.05, 0) is 13.8 Å². The van der Waals surface area contributed by atoms with Crippen LogP contribution in [0.4, 0.5) is 0 Å². The van der Waals surface area contributed by atoms with Gasteiger partial charge in [-0.2, -0.15) is 0 Å². The molecule has 5 nitrogen and oxygen atoms in total. The highest BCUT2D eigenvalue weighted by Gasteiger charge is 2.05. The summed E-state index contributed by atoms with van der Waals surface area (Å²) in [4.78, 5) is 0. The Hall–Kier alpha value is -0.940. The Balaban J connectivity index is 2.64. The van der Waals surface area contributed by atoms with E-state index in [4.69, 9.17) is 10.8 Å². The van der Waals surface area contributed by atoms with Crippen molar-refractivity contribution < 1.29 is 5.11 Å². The highest BCUT2D eigenvalue weighted by molar-refractivity contribution is 4.97. The molecule has 3 N–H and O–H groups in total. The van der Waals surface area contributed by atoms with E-state index >= 15 is 0 Å². The number of hydrogen-bond acceptors (Lipinski definition) is 4. The molecule has 5 heteroatoms. The van der Waals surface area contributed by atoms with Gasteiger partial charge in [-0.15, -0.1) is 5.10 Å². The average Bonchev–Trinajstić information content (AvgIpc) is 2.34. The second-order valence-corrected chi connectivity index (χ2v) is 3.00. The van der Waals surface area contributed by atoms with Gasteiger partial charge in [0.05, 0.1) is 24.5 Å². The molecular formula is C7H14N4O. The predicted molar refractivity (Wildman–Crippen MR) is 44.3 cm³/mol. The number of nitrogens with zero attached hydrogens (tertiary/aromatic N) is 3. The van der Waals surface area contributed by atoms with Crippen molar-refractivity contribution in [3.05, 3.63) is 11.9 Å². The second kappa shape index (κ2) is 3.64. The zero-order chi connectivity index (χ0) is 9.14. The Kier molecular flexibility index (Phi) is 2.78. The minimum atomic E-state index is -0.410. The summed E-state index contributed by atoms with van der Waals surface area (Å²) >= 11 is 0. The zero-order valence-corrected chi connectivity index (χ0v) is 7.31. The van der Waals surface area contributed by atoms with E-state index in [1.165, 1.54) is 0 Å². The molecule has 1 aromatic rings. The Morgan fingerprint density at radius 3 is 2.75 bits per heavy atom. The lowest BCUT2D eigenvalue weighted by molar-refractivity contribution is 0.167. The number of nitrogens with two attached hydrogens (primary N) is 1. The van der Waals surface area contributed by atoms with Crippen LogP contribution in [-0.2, 0) is 6.54 Å². The summed E-state index contributed by atoms with van der Waals surface area (Å²) in [6, 6.07) is -0.104. The van der Waals surface area contributed by atoms with Gasteiger partial charge in [0.2, 0.25) is 0 Å². The van der Waals surface area contributed by atoms with Gasteiger partial charge < -0.3 is 10.8 Å². The minimum Gasteiger partial charge on any atom is -0.391 e. The number of rotatable bonds is 3. The van der Waals surface area contributed by atoms with E-state index in [1.54, 1.807) is 17.8 Å². The molecule has 0 aromatic carbocycles. The average molecular weight is 170 g/mol. The molecule has 0 aliphatic heterocycles. The lowest BCUT2D eigenvalue weighted by atomic mass is 10.3. The molecular weight excluding hydrogens is 156 g/mol. The SMILES string of the molecule is CC(O)Cn1cc(C(C)N)nn1. The van der Waals surface area contributed by atoms with Crippen molar-refractivity contribution in [2.45, 2.75) is 32.5 Å². The van der Waals surface area contributed by atoms with Crippen molar-refractivity contribution in [3.8, 4) is 0 Å². The lowest BCUT2D eigenvalue weighted by Gasteiger charge is -2.01. The molecule has 2 unspecified atom stereocenters. The van der Waals surface area contributed by atoms with E-state index in [1.807, 2.05) is 6.92 Å². The molecule has 1 heterocycles. The normalized spacial score (nSPS) is 16.0. The van der Waals surface area contributed by atoms with E-state index in [0.29, 0.717) is 6.54 Å². The van der Waals surface area contributed by atoms with Crippen molar-refractivity contribution in [1.29, 1.82) is 0 Å². The van der Waals surface area contributed by atoms with Crippen molar-refractivity contribution in [3.63, 3.8) is 0 Å². The van der Waals surface area contributed by atoms with E-state index in [0.717, 1.165) is 5.69 Å². The molecule has 0 bridgehead atoms. The Morgan fingerprint density at radius 1 is 1.67 bits per heavy atom. The first-order chi connectivity index (χ1) is 5.59. The fourth-order valence-electron chi connectivity index (χ4n) is 0.882. The fourth-order valence-corrected chi connectivity index (χ4v) is 0.882. The predicted octanol–water partition coefficient (Wildman–Crippen LogP) is -0.321. The van der Waals surface area contributed by atoms with Gasteiger partial charge >= 0.3 is 0 Å². The summed E-state index contributed by atoms with van der Waals surface area (Å²) in [5.41, 5.74) is 6.33. The van der Waals surface area contributed by atoms with Gasteiger partial charge in [0, 0.05) is 6.04 Å². The van der Waals surface area contributed by atoms with Crippen molar-refractivity contribution in [2.24, 2.45) is 5.73 Å². The lowest BCUT2D eigenvalue weighted by Crippen LogP contribution is -2.12. The molecule has 0 saturated heterocycles. The first kappa shape index (κ1) is 9.15. The smallest absolute Gasteiger partial charge is 0.0991 e. The number of aliphatic hydroxyl groups is 1. The Morgan fingerprint density at radius 2 is 2.33 bits per heavy atom. The maximum atomic E-state index is 9.03. The maximum absolute atomic E-state index is 9.03. The summed E-state index contributed by atoms with van der Waals surface area (Å²) < 4.78 is 1.59. The third kappa shape index (κ3) is 2.28. The number of aliphatic hydroxyl groups excluding tert-OH is 1. The van der Waals surface area contributed by atoms with Crippen molar-refractivity contribution >= 4 is 0 Å². The number of hydrogen-bond donors (Lipinski definition) is 2. The van der Waals surface area contributed by atoms with Crippen LogP contribution >= 0.6 is 0 Å². The summed E-state index contributed by atoms with van der Waals surface area (Å²) in [7, 11) is 0. The van der Waals surface area contributed by atoms with Crippen LogP contribution in [0, 0.1) is 0 Å². The van der Waals surface area contributed by atoms with Gasteiger partial charge in [-0.25, -0.2) is 4.68 Å². The van der Waals surface area contributed by atoms with E-state index in [-0.39, 0.29) is 6.04 Å². The largest absolute Gasteiger partial charge is 0.391 e. The highest BCUT2D eigenvalue weighted by atomic mass is 16.3. The van der Waals surface area contributed by atoms with Gasteiger partial charge in [0.15, 0.2) is 0 Å². The summed E-state index contributed by atoms with van der Waals surface area (Å²) in [5, 5.41) is 16.7. The first-order valence-corrected chi connectivity index (χ1v) is 3.93. The van der Waals surface area contributed by atoms with Gasteiger partial charge in [-0.3, -0.25) is 0 Å². The molecule has 0 amide bonds.